The SMILES string of the molecule is N/C(=C\c1nccc[nH+]1)C(=O)O. The molecule has 0 spiro atoms. The second kappa shape index (κ2) is 3.47. The van der Waals surface area contributed by atoms with Crippen molar-refractivity contribution in [3.8, 4) is 0 Å². The first kappa shape index (κ1) is 8.19. The van der Waals surface area contributed by atoms with Gasteiger partial charge in [0.15, 0.2) is 0 Å². The minimum Gasteiger partial charge on any atom is -0.477 e. The number of aromatic nitrogens is 2. The lowest BCUT2D eigenvalue weighted by Gasteiger charge is -1.87. The standard InChI is InChI=1S/C7H7N3O2/c8-5(7(11)12)4-6-9-2-1-3-10-6/h1-4H,8H2,(H,11,12)/p+1/b5-4-. The molecule has 1 aromatic rings. The molecule has 4 N–H and O–H groups in total. The number of carbonyl (C=O) groups is 1. The van der Waals surface area contributed by atoms with Crippen molar-refractivity contribution >= 4 is 12.0 Å². The lowest BCUT2D eigenvalue weighted by molar-refractivity contribution is -0.385. The molecule has 0 radical (unpaired) electrons. The maximum absolute atomic E-state index is 10.3. The van der Waals surface area contributed by atoms with Gasteiger partial charge < -0.3 is 10.8 Å². The summed E-state index contributed by atoms with van der Waals surface area (Å²) in [4.78, 5) is 16.8. The van der Waals surface area contributed by atoms with Gasteiger partial charge in [0.1, 0.15) is 11.9 Å². The second-order valence-corrected chi connectivity index (χ2v) is 2.07. The average Bonchev–Trinajstić information content (AvgIpc) is 2.06. The van der Waals surface area contributed by atoms with Gasteiger partial charge in [-0.25, -0.2) is 9.78 Å². The summed E-state index contributed by atoms with van der Waals surface area (Å²) in [5, 5.41) is 8.41. The Morgan fingerprint density at radius 2 is 2.50 bits per heavy atom. The van der Waals surface area contributed by atoms with Crippen LogP contribution in [0, 0.1) is 0 Å². The highest BCUT2D eigenvalue weighted by Crippen LogP contribution is 1.91. The van der Waals surface area contributed by atoms with Crippen molar-refractivity contribution in [2.75, 3.05) is 0 Å². The molecule has 0 bridgehead atoms. The van der Waals surface area contributed by atoms with Gasteiger partial charge in [-0.1, -0.05) is 0 Å². The Hall–Kier alpha value is -1.91. The number of carboxylic acids is 1. The zero-order valence-electron chi connectivity index (χ0n) is 6.19. The van der Waals surface area contributed by atoms with E-state index in [1.165, 1.54) is 12.3 Å². The Morgan fingerprint density at radius 3 is 3.00 bits per heavy atom. The van der Waals surface area contributed by atoms with Crippen LogP contribution in [0.1, 0.15) is 5.82 Å². The van der Waals surface area contributed by atoms with Crippen molar-refractivity contribution in [1.82, 2.24) is 4.98 Å². The fourth-order valence-electron chi connectivity index (χ4n) is 0.625. The Balaban J connectivity index is 2.89. The minimum atomic E-state index is -1.16. The van der Waals surface area contributed by atoms with Crippen LogP contribution in [0.2, 0.25) is 0 Å². The van der Waals surface area contributed by atoms with E-state index in [2.05, 4.69) is 9.97 Å². The van der Waals surface area contributed by atoms with Crippen molar-refractivity contribution < 1.29 is 14.9 Å². The van der Waals surface area contributed by atoms with Crippen LogP contribution >= 0.6 is 0 Å². The van der Waals surface area contributed by atoms with E-state index in [-0.39, 0.29) is 5.70 Å². The molecule has 0 saturated heterocycles. The van der Waals surface area contributed by atoms with Crippen LogP contribution in [0.3, 0.4) is 0 Å². The molecule has 0 saturated carbocycles. The van der Waals surface area contributed by atoms with E-state index in [0.717, 1.165) is 0 Å². The van der Waals surface area contributed by atoms with E-state index in [1.54, 1.807) is 12.3 Å². The molecule has 0 atom stereocenters. The monoisotopic (exact) mass is 166 g/mol. The minimum absolute atomic E-state index is 0.245. The van der Waals surface area contributed by atoms with Gasteiger partial charge in [0.05, 0.1) is 12.3 Å². The molecule has 5 nitrogen and oxygen atoms in total. The number of hydrogen-bond acceptors (Lipinski definition) is 3. The van der Waals surface area contributed by atoms with E-state index in [1.807, 2.05) is 0 Å². The molecule has 12 heavy (non-hydrogen) atoms. The van der Waals surface area contributed by atoms with E-state index < -0.39 is 5.97 Å². The third kappa shape index (κ3) is 2.05. The lowest BCUT2D eigenvalue weighted by Crippen LogP contribution is -2.14. The topological polar surface area (TPSA) is 90.4 Å². The highest BCUT2D eigenvalue weighted by molar-refractivity contribution is 5.90. The fraction of sp³-hybridized carbons (Fsp3) is 0. The molecular formula is C7H8N3O2+. The van der Waals surface area contributed by atoms with Crippen molar-refractivity contribution in [1.29, 1.82) is 0 Å². The van der Waals surface area contributed by atoms with Crippen molar-refractivity contribution in [2.45, 2.75) is 0 Å². The quantitative estimate of drug-likeness (QED) is 0.567. The first-order chi connectivity index (χ1) is 5.70. The Kier molecular flexibility index (Phi) is 2.37. The molecule has 0 aliphatic rings. The predicted octanol–water partition coefficient (Wildman–Crippen LogP) is -0.720. The number of nitrogens with one attached hydrogen (secondary N) is 1. The van der Waals surface area contributed by atoms with Gasteiger partial charge in [-0.15, -0.1) is 0 Å². The third-order valence-corrected chi connectivity index (χ3v) is 1.17. The molecule has 0 fully saturated rings. The maximum Gasteiger partial charge on any atom is 0.352 e. The molecule has 1 aromatic heterocycles. The molecule has 62 valence electrons. The first-order valence-electron chi connectivity index (χ1n) is 3.23. The summed E-state index contributed by atoms with van der Waals surface area (Å²) in [6.07, 6.45) is 4.42. The number of hydrogen-bond donors (Lipinski definition) is 2. The number of aliphatic carboxylic acids is 1. The fourth-order valence-corrected chi connectivity index (χ4v) is 0.625. The number of aromatic amines is 1. The van der Waals surface area contributed by atoms with Gasteiger partial charge in [-0.05, 0) is 4.98 Å². The Bertz CT molecular complexity index is 308. The molecule has 1 heterocycles. The summed E-state index contributed by atoms with van der Waals surface area (Å²) in [6.45, 7) is 0. The van der Waals surface area contributed by atoms with Crippen molar-refractivity contribution in [2.24, 2.45) is 5.73 Å². The smallest absolute Gasteiger partial charge is 0.352 e. The molecule has 1 rings (SSSR count). The molecule has 0 aromatic carbocycles. The van der Waals surface area contributed by atoms with Gasteiger partial charge in [0, 0.05) is 6.07 Å². The van der Waals surface area contributed by atoms with Gasteiger partial charge in [-0.3, -0.25) is 0 Å². The van der Waals surface area contributed by atoms with Crippen molar-refractivity contribution in [3.63, 3.8) is 0 Å². The third-order valence-electron chi connectivity index (χ3n) is 1.17. The van der Waals surface area contributed by atoms with E-state index >= 15 is 0 Å². The van der Waals surface area contributed by atoms with E-state index in [4.69, 9.17) is 10.8 Å². The van der Waals surface area contributed by atoms with Crippen LogP contribution in [0.5, 0.6) is 0 Å². The summed E-state index contributed by atoms with van der Waals surface area (Å²) < 4.78 is 0. The maximum atomic E-state index is 10.3. The van der Waals surface area contributed by atoms with Crippen LogP contribution in [0.25, 0.3) is 6.08 Å². The van der Waals surface area contributed by atoms with Crippen LogP contribution in [-0.2, 0) is 4.79 Å². The highest BCUT2D eigenvalue weighted by Gasteiger charge is 2.05. The average molecular weight is 166 g/mol. The van der Waals surface area contributed by atoms with Gasteiger partial charge >= 0.3 is 11.8 Å². The number of carboxylic acid groups (broad SMARTS) is 1. The summed E-state index contributed by atoms with van der Waals surface area (Å²) in [6, 6.07) is 1.69. The molecule has 0 aliphatic heterocycles. The van der Waals surface area contributed by atoms with Gasteiger partial charge in [0.25, 0.3) is 0 Å². The molecule has 5 heteroatoms. The second-order valence-electron chi connectivity index (χ2n) is 2.07. The molecule has 0 unspecified atom stereocenters. The van der Waals surface area contributed by atoms with Crippen LogP contribution in [-0.4, -0.2) is 16.1 Å². The number of nitrogens with zero attached hydrogens (tertiary/aromatic N) is 1. The zero-order valence-corrected chi connectivity index (χ0v) is 6.19. The predicted molar refractivity (Wildman–Crippen MR) is 40.6 cm³/mol. The van der Waals surface area contributed by atoms with Crippen molar-refractivity contribution in [3.05, 3.63) is 30.0 Å². The molecule has 0 amide bonds. The van der Waals surface area contributed by atoms with Gasteiger partial charge in [0.2, 0.25) is 0 Å². The Morgan fingerprint density at radius 1 is 1.75 bits per heavy atom. The highest BCUT2D eigenvalue weighted by atomic mass is 16.4. The largest absolute Gasteiger partial charge is 0.477 e. The van der Waals surface area contributed by atoms with Crippen LogP contribution in [0.15, 0.2) is 24.2 Å². The number of H-pyrrole nitrogens is 1. The van der Waals surface area contributed by atoms with E-state index in [9.17, 15) is 4.79 Å². The summed E-state index contributed by atoms with van der Waals surface area (Å²) in [7, 11) is 0. The van der Waals surface area contributed by atoms with Crippen LogP contribution in [0.4, 0.5) is 0 Å². The van der Waals surface area contributed by atoms with Gasteiger partial charge in [-0.2, -0.15) is 0 Å². The molecular weight excluding hydrogens is 158 g/mol. The van der Waals surface area contributed by atoms with Crippen LogP contribution < -0.4 is 10.7 Å². The summed E-state index contributed by atoms with van der Waals surface area (Å²) in [5.74, 6) is -0.744. The molecule has 0 aliphatic carbocycles. The van der Waals surface area contributed by atoms with E-state index in [0.29, 0.717) is 5.82 Å². The summed E-state index contributed by atoms with van der Waals surface area (Å²) in [5.41, 5.74) is 4.90. The zero-order chi connectivity index (χ0) is 8.97. The first-order valence-corrected chi connectivity index (χ1v) is 3.23. The summed E-state index contributed by atoms with van der Waals surface area (Å²) >= 11 is 0. The normalized spacial score (nSPS) is 11.2. The lowest BCUT2D eigenvalue weighted by atomic mass is 10.4. The number of rotatable bonds is 2. The number of nitrogens with two attached hydrogens (primary N) is 1. The Labute approximate surface area is 68.6 Å².